The molecule has 2 aromatic carbocycles. The van der Waals surface area contributed by atoms with E-state index in [0.717, 1.165) is 17.1 Å². The molecule has 100 valence electrons. The normalized spacial score (nSPS) is 9.00. The van der Waals surface area contributed by atoms with Gasteiger partial charge in [-0.25, -0.2) is 0 Å². The second kappa shape index (κ2) is 9.02. The van der Waals surface area contributed by atoms with Gasteiger partial charge >= 0.3 is 7.69 Å². The zero-order valence-electron chi connectivity index (χ0n) is 10.8. The zero-order chi connectivity index (χ0) is 13.9. The van der Waals surface area contributed by atoms with Crippen LogP contribution in [0.2, 0.25) is 0 Å². The lowest BCUT2D eigenvalue weighted by atomic mass is 10.2. The van der Waals surface area contributed by atoms with E-state index in [1.54, 1.807) is 7.11 Å². The van der Waals surface area contributed by atoms with Gasteiger partial charge < -0.3 is 19.5 Å². The molecule has 0 aliphatic rings. The van der Waals surface area contributed by atoms with Crippen molar-refractivity contribution in [3.63, 3.8) is 0 Å². The molecular formula is C14H17BO4. The van der Waals surface area contributed by atoms with Gasteiger partial charge in [-0.05, 0) is 29.8 Å². The molecule has 0 radical (unpaired) electrons. The fourth-order valence-electron chi connectivity index (χ4n) is 1.41. The van der Waals surface area contributed by atoms with Crippen LogP contribution >= 0.6 is 0 Å². The van der Waals surface area contributed by atoms with Gasteiger partial charge in [-0.15, -0.1) is 0 Å². The first-order valence-electron chi connectivity index (χ1n) is 5.82. The van der Waals surface area contributed by atoms with Crippen molar-refractivity contribution >= 4 is 7.69 Å². The van der Waals surface area contributed by atoms with Gasteiger partial charge in [-0.1, -0.05) is 30.3 Å². The van der Waals surface area contributed by atoms with Crippen molar-refractivity contribution in [3.05, 3.63) is 60.2 Å². The number of hydrogen-bond donors (Lipinski definition) is 2. The summed E-state index contributed by atoms with van der Waals surface area (Å²) in [7, 11) is 0.912. The van der Waals surface area contributed by atoms with Crippen LogP contribution in [0.3, 0.4) is 0 Å². The summed E-state index contributed by atoms with van der Waals surface area (Å²) in [6.45, 7) is 0.577. The van der Waals surface area contributed by atoms with E-state index >= 15 is 0 Å². The lowest BCUT2D eigenvalue weighted by Crippen LogP contribution is -1.95. The second-order valence-electron chi connectivity index (χ2n) is 3.59. The highest BCUT2D eigenvalue weighted by Crippen LogP contribution is 2.14. The van der Waals surface area contributed by atoms with Gasteiger partial charge in [0.25, 0.3) is 0 Å². The van der Waals surface area contributed by atoms with Crippen LogP contribution in [0, 0.1) is 0 Å². The quantitative estimate of drug-likeness (QED) is 0.818. The molecule has 0 aliphatic carbocycles. The third-order valence-electron chi connectivity index (χ3n) is 2.31. The van der Waals surface area contributed by atoms with E-state index in [1.807, 2.05) is 54.6 Å². The van der Waals surface area contributed by atoms with E-state index in [-0.39, 0.29) is 0 Å². The molecule has 0 saturated carbocycles. The van der Waals surface area contributed by atoms with E-state index < -0.39 is 7.69 Å². The Hall–Kier alpha value is -1.98. The highest BCUT2D eigenvalue weighted by Gasteiger charge is 1.96. The molecule has 19 heavy (non-hydrogen) atoms. The Labute approximate surface area is 113 Å². The molecule has 0 amide bonds. The lowest BCUT2D eigenvalue weighted by molar-refractivity contribution is 0.306. The Morgan fingerprint density at radius 1 is 0.895 bits per heavy atom. The summed E-state index contributed by atoms with van der Waals surface area (Å²) in [4.78, 5) is 0. The topological polar surface area (TPSA) is 58.9 Å². The van der Waals surface area contributed by atoms with Gasteiger partial charge in [0.05, 0.1) is 7.11 Å². The minimum atomic E-state index is -0.750. The highest BCUT2D eigenvalue weighted by atomic mass is 16.5. The minimum absolute atomic E-state index is 0.577. The number of benzene rings is 2. The third-order valence-corrected chi connectivity index (χ3v) is 2.31. The molecule has 0 spiro atoms. The van der Waals surface area contributed by atoms with E-state index in [2.05, 4.69) is 0 Å². The maximum Gasteiger partial charge on any atom is 0.432 e. The molecule has 0 aliphatic heterocycles. The molecule has 4 nitrogen and oxygen atoms in total. The SMILES string of the molecule is COc1ccc(COc2ccccc2)cc1.OBO. The number of ether oxygens (including phenoxy) is 2. The van der Waals surface area contributed by atoms with E-state index in [0.29, 0.717) is 6.61 Å². The molecule has 0 unspecified atom stereocenters. The smallest absolute Gasteiger partial charge is 0.432 e. The third kappa shape index (κ3) is 5.95. The van der Waals surface area contributed by atoms with Crippen molar-refractivity contribution in [1.29, 1.82) is 0 Å². The van der Waals surface area contributed by atoms with E-state index in [1.165, 1.54) is 0 Å². The van der Waals surface area contributed by atoms with Crippen LogP contribution in [-0.2, 0) is 6.61 Å². The number of hydrogen-bond acceptors (Lipinski definition) is 4. The van der Waals surface area contributed by atoms with Crippen molar-refractivity contribution in [2.45, 2.75) is 6.61 Å². The average Bonchev–Trinajstić information content (AvgIpc) is 2.47. The molecule has 0 fully saturated rings. The Bertz CT molecular complexity index is 445. The van der Waals surface area contributed by atoms with Gasteiger partial charge in [0.15, 0.2) is 0 Å². The molecule has 5 heteroatoms. The Morgan fingerprint density at radius 3 is 2.00 bits per heavy atom. The van der Waals surface area contributed by atoms with Crippen LogP contribution in [0.1, 0.15) is 5.56 Å². The minimum Gasteiger partial charge on any atom is -0.497 e. The monoisotopic (exact) mass is 260 g/mol. The largest absolute Gasteiger partial charge is 0.497 e. The van der Waals surface area contributed by atoms with E-state index in [9.17, 15) is 0 Å². The lowest BCUT2D eigenvalue weighted by Gasteiger charge is -2.06. The van der Waals surface area contributed by atoms with Gasteiger partial charge in [0.2, 0.25) is 0 Å². The second-order valence-corrected chi connectivity index (χ2v) is 3.59. The Kier molecular flexibility index (Phi) is 7.16. The first-order chi connectivity index (χ1) is 9.30. The summed E-state index contributed by atoms with van der Waals surface area (Å²) in [5.74, 6) is 1.75. The van der Waals surface area contributed by atoms with Crippen LogP contribution in [0.25, 0.3) is 0 Å². The summed E-state index contributed by atoms with van der Waals surface area (Å²) in [6, 6.07) is 17.7. The van der Waals surface area contributed by atoms with Crippen LogP contribution in [0.15, 0.2) is 54.6 Å². The van der Waals surface area contributed by atoms with Crippen LogP contribution in [-0.4, -0.2) is 24.8 Å². The molecule has 0 bridgehead atoms. The summed E-state index contributed by atoms with van der Waals surface area (Å²) in [5, 5.41) is 14.2. The van der Waals surface area contributed by atoms with Crippen LogP contribution < -0.4 is 9.47 Å². The maximum atomic E-state index is 7.12. The van der Waals surface area contributed by atoms with Crippen LogP contribution in [0.5, 0.6) is 11.5 Å². The molecule has 0 heterocycles. The highest BCUT2D eigenvalue weighted by molar-refractivity contribution is 6.13. The Balaban J connectivity index is 0.000000550. The van der Waals surface area contributed by atoms with Crippen molar-refractivity contribution in [2.75, 3.05) is 7.11 Å². The van der Waals surface area contributed by atoms with Crippen molar-refractivity contribution in [3.8, 4) is 11.5 Å². The predicted octanol–water partition coefficient (Wildman–Crippen LogP) is 1.51. The number of rotatable bonds is 4. The summed E-state index contributed by atoms with van der Waals surface area (Å²) >= 11 is 0. The zero-order valence-corrected chi connectivity index (χ0v) is 10.8. The van der Waals surface area contributed by atoms with Crippen molar-refractivity contribution in [1.82, 2.24) is 0 Å². The maximum absolute atomic E-state index is 7.12. The molecule has 2 rings (SSSR count). The van der Waals surface area contributed by atoms with Crippen molar-refractivity contribution in [2.24, 2.45) is 0 Å². The van der Waals surface area contributed by atoms with Gasteiger partial charge in [0, 0.05) is 0 Å². The first kappa shape index (κ1) is 15.1. The van der Waals surface area contributed by atoms with Gasteiger partial charge in [-0.2, -0.15) is 0 Å². The van der Waals surface area contributed by atoms with Gasteiger partial charge in [-0.3, -0.25) is 0 Å². The molecule has 0 saturated heterocycles. The average molecular weight is 260 g/mol. The Morgan fingerprint density at radius 2 is 1.47 bits per heavy atom. The molecular weight excluding hydrogens is 243 g/mol. The van der Waals surface area contributed by atoms with E-state index in [4.69, 9.17) is 19.5 Å². The number of methoxy groups -OCH3 is 1. The predicted molar refractivity (Wildman–Crippen MR) is 75.4 cm³/mol. The first-order valence-corrected chi connectivity index (χ1v) is 5.82. The van der Waals surface area contributed by atoms with Crippen LogP contribution in [0.4, 0.5) is 0 Å². The van der Waals surface area contributed by atoms with Gasteiger partial charge in [0.1, 0.15) is 18.1 Å². The molecule has 2 N–H and O–H groups in total. The summed E-state index contributed by atoms with van der Waals surface area (Å²) in [6.07, 6.45) is 0. The fourth-order valence-corrected chi connectivity index (χ4v) is 1.41. The summed E-state index contributed by atoms with van der Waals surface area (Å²) in [5.41, 5.74) is 1.13. The standard InChI is InChI=1S/C14H14O2.BH3O2/c1-15-13-9-7-12(8-10-13)11-16-14-5-3-2-4-6-14;2-1-3/h2-10H,11H2,1H3;1-3H. The summed E-state index contributed by atoms with van der Waals surface area (Å²) < 4.78 is 10.7. The molecule has 0 aromatic heterocycles. The van der Waals surface area contributed by atoms with Crippen molar-refractivity contribution < 1.29 is 19.5 Å². The molecule has 2 aromatic rings. The molecule has 0 atom stereocenters. The number of para-hydroxylation sites is 1. The fraction of sp³-hybridized carbons (Fsp3) is 0.143.